The van der Waals surface area contributed by atoms with Gasteiger partial charge in [-0.25, -0.2) is 15.0 Å². The third-order valence-electron chi connectivity index (χ3n) is 10.6. The smallest absolute Gasteiger partial charge is 0.164 e. The van der Waals surface area contributed by atoms with Crippen LogP contribution in [-0.4, -0.2) is 15.0 Å². The molecule has 5 heteroatoms. The first kappa shape index (κ1) is 32.2. The van der Waals surface area contributed by atoms with Crippen LogP contribution in [0.1, 0.15) is 0 Å². The maximum Gasteiger partial charge on any atom is 0.164 e. The number of aromatic nitrogens is 3. The van der Waals surface area contributed by atoms with Gasteiger partial charge in [-0.05, 0) is 46.5 Å². The van der Waals surface area contributed by atoms with Crippen molar-refractivity contribution in [3.63, 3.8) is 0 Å². The first-order valence-corrected chi connectivity index (χ1v) is 19.5. The van der Waals surface area contributed by atoms with Crippen molar-refractivity contribution >= 4 is 53.4 Å². The molecule has 0 fully saturated rings. The van der Waals surface area contributed by atoms with Crippen molar-refractivity contribution in [1.82, 2.24) is 15.0 Å². The van der Waals surface area contributed by atoms with Crippen LogP contribution < -0.4 is 0 Å². The van der Waals surface area contributed by atoms with Gasteiger partial charge in [0, 0.05) is 58.8 Å². The van der Waals surface area contributed by atoms with Crippen molar-refractivity contribution in [2.24, 2.45) is 0 Å². The van der Waals surface area contributed by atoms with Gasteiger partial charge in [0.25, 0.3) is 0 Å². The molecule has 0 aliphatic heterocycles. The molecule has 0 bridgehead atoms. The third kappa shape index (κ3) is 5.48. The molecule has 0 aliphatic rings. The summed E-state index contributed by atoms with van der Waals surface area (Å²) < 4.78 is 9.40. The van der Waals surface area contributed by atoms with Crippen molar-refractivity contribution in [2.45, 2.75) is 0 Å². The van der Waals surface area contributed by atoms with Gasteiger partial charge in [-0.15, -0.1) is 11.3 Å². The van der Waals surface area contributed by atoms with E-state index in [1.807, 2.05) is 84.1 Å². The van der Waals surface area contributed by atoms with Crippen LogP contribution in [0, 0.1) is 0 Å². The van der Waals surface area contributed by atoms with Gasteiger partial charge in [0.15, 0.2) is 17.5 Å². The average Bonchev–Trinajstić information content (AvgIpc) is 3.86. The maximum atomic E-state index is 6.90. The standard InChI is InChI=1S/C51H31N3OS/c1-4-14-32(15-5-1)33-26-28-34(29-27-33)37-30-42-38-20-10-11-25-45(38)56-48(42)43(31-37)39-21-12-22-40-46-41(23-13-24-44(46)55-47(39)40)51-53-49(35-16-6-2-7-17-35)52-50(54-51)36-18-8-3-9-19-36/h1-31H. The number of thiophene rings is 1. The minimum absolute atomic E-state index is 0.601. The van der Waals surface area contributed by atoms with Crippen LogP contribution in [0.5, 0.6) is 0 Å². The van der Waals surface area contributed by atoms with E-state index in [2.05, 4.69) is 115 Å². The molecule has 3 aromatic heterocycles. The molecular formula is C51H31N3OS. The van der Waals surface area contributed by atoms with E-state index in [0.717, 1.165) is 55.3 Å². The molecule has 0 unspecified atom stereocenters. The molecule has 0 N–H and O–H groups in total. The first-order valence-electron chi connectivity index (χ1n) is 18.7. The molecule has 0 atom stereocenters. The van der Waals surface area contributed by atoms with Crippen molar-refractivity contribution in [2.75, 3.05) is 0 Å². The van der Waals surface area contributed by atoms with E-state index in [-0.39, 0.29) is 0 Å². The number of nitrogens with zero attached hydrogens (tertiary/aromatic N) is 3. The van der Waals surface area contributed by atoms with Gasteiger partial charge >= 0.3 is 0 Å². The quantitative estimate of drug-likeness (QED) is 0.171. The maximum absolute atomic E-state index is 6.90. The Morgan fingerprint density at radius 1 is 0.357 bits per heavy atom. The minimum atomic E-state index is 0.601. The summed E-state index contributed by atoms with van der Waals surface area (Å²) in [5, 5.41) is 4.50. The lowest BCUT2D eigenvalue weighted by atomic mass is 9.94. The van der Waals surface area contributed by atoms with Crippen LogP contribution in [0.15, 0.2) is 192 Å². The Hall–Kier alpha value is -7.21. The predicted octanol–water partition coefficient (Wildman–Crippen LogP) is 14.1. The van der Waals surface area contributed by atoms with E-state index in [9.17, 15) is 0 Å². The third-order valence-corrected chi connectivity index (χ3v) is 11.8. The summed E-state index contributed by atoms with van der Waals surface area (Å²) in [6.45, 7) is 0. The molecule has 0 saturated heterocycles. The van der Waals surface area contributed by atoms with E-state index < -0.39 is 0 Å². The van der Waals surface area contributed by atoms with Gasteiger partial charge in [0.05, 0.1) is 0 Å². The molecule has 0 saturated carbocycles. The molecule has 0 amide bonds. The Balaban J connectivity index is 1.12. The van der Waals surface area contributed by atoms with Gasteiger partial charge < -0.3 is 4.42 Å². The lowest BCUT2D eigenvalue weighted by molar-refractivity contribution is 0.670. The lowest BCUT2D eigenvalue weighted by Gasteiger charge is -2.11. The Morgan fingerprint density at radius 2 is 0.893 bits per heavy atom. The highest BCUT2D eigenvalue weighted by Gasteiger charge is 2.21. The fourth-order valence-electron chi connectivity index (χ4n) is 7.85. The van der Waals surface area contributed by atoms with E-state index in [0.29, 0.717) is 17.5 Å². The number of fused-ring (bicyclic) bond motifs is 6. The Labute approximate surface area is 327 Å². The number of hydrogen-bond donors (Lipinski definition) is 0. The highest BCUT2D eigenvalue weighted by molar-refractivity contribution is 7.26. The molecule has 11 aromatic rings. The molecule has 3 heterocycles. The molecule has 262 valence electrons. The van der Waals surface area contributed by atoms with E-state index in [4.69, 9.17) is 19.4 Å². The zero-order chi connectivity index (χ0) is 37.0. The van der Waals surface area contributed by atoms with Crippen LogP contribution in [0.4, 0.5) is 0 Å². The summed E-state index contributed by atoms with van der Waals surface area (Å²) in [6.07, 6.45) is 0. The van der Waals surface area contributed by atoms with Crippen LogP contribution in [0.3, 0.4) is 0 Å². The summed E-state index contributed by atoms with van der Waals surface area (Å²) in [5.74, 6) is 1.85. The highest BCUT2D eigenvalue weighted by atomic mass is 32.1. The Kier molecular flexibility index (Phi) is 7.64. The van der Waals surface area contributed by atoms with Crippen molar-refractivity contribution in [3.05, 3.63) is 188 Å². The highest BCUT2D eigenvalue weighted by Crippen LogP contribution is 2.46. The second-order valence-electron chi connectivity index (χ2n) is 13.9. The molecule has 8 aromatic carbocycles. The molecule has 56 heavy (non-hydrogen) atoms. The van der Waals surface area contributed by atoms with E-state index in [1.165, 1.54) is 36.9 Å². The normalized spacial score (nSPS) is 11.6. The number of hydrogen-bond acceptors (Lipinski definition) is 5. The van der Waals surface area contributed by atoms with Crippen LogP contribution in [0.25, 0.3) is 110 Å². The molecule has 4 nitrogen and oxygen atoms in total. The van der Waals surface area contributed by atoms with Crippen LogP contribution in [-0.2, 0) is 0 Å². The number of furan rings is 1. The SMILES string of the molecule is c1ccc(-c2ccc(-c3cc(-c4cccc5c4oc4cccc(-c6nc(-c7ccccc7)nc(-c7ccccc7)n6)c45)c4sc5ccccc5c4c3)cc2)cc1. The van der Waals surface area contributed by atoms with Gasteiger partial charge in [-0.2, -0.15) is 0 Å². The van der Waals surface area contributed by atoms with Crippen molar-refractivity contribution in [1.29, 1.82) is 0 Å². The molecule has 0 radical (unpaired) electrons. The molecule has 0 spiro atoms. The largest absolute Gasteiger partial charge is 0.455 e. The van der Waals surface area contributed by atoms with Crippen LogP contribution in [0.2, 0.25) is 0 Å². The number of benzene rings is 8. The predicted molar refractivity (Wildman–Crippen MR) is 233 cm³/mol. The van der Waals surface area contributed by atoms with E-state index in [1.54, 1.807) is 0 Å². The molecular weight excluding hydrogens is 703 g/mol. The van der Waals surface area contributed by atoms with Gasteiger partial charge in [-0.3, -0.25) is 0 Å². The van der Waals surface area contributed by atoms with Crippen LogP contribution >= 0.6 is 11.3 Å². The fourth-order valence-corrected chi connectivity index (χ4v) is 9.07. The zero-order valence-electron chi connectivity index (χ0n) is 30.1. The average molecular weight is 734 g/mol. The minimum Gasteiger partial charge on any atom is -0.455 e. The van der Waals surface area contributed by atoms with Crippen molar-refractivity contribution < 1.29 is 4.42 Å². The second kappa shape index (κ2) is 13.3. The Bertz CT molecular complexity index is 3170. The van der Waals surface area contributed by atoms with Gasteiger partial charge in [0.2, 0.25) is 0 Å². The first-order chi connectivity index (χ1) is 27.7. The second-order valence-corrected chi connectivity index (χ2v) is 15.0. The summed E-state index contributed by atoms with van der Waals surface area (Å²) in [6, 6.07) is 65.6. The monoisotopic (exact) mass is 733 g/mol. The van der Waals surface area contributed by atoms with E-state index >= 15 is 0 Å². The number of para-hydroxylation sites is 1. The summed E-state index contributed by atoms with van der Waals surface area (Å²) in [7, 11) is 0. The molecule has 0 aliphatic carbocycles. The number of rotatable bonds is 6. The fraction of sp³-hybridized carbons (Fsp3) is 0. The summed E-state index contributed by atoms with van der Waals surface area (Å²) in [5.41, 5.74) is 11.3. The summed E-state index contributed by atoms with van der Waals surface area (Å²) >= 11 is 1.83. The van der Waals surface area contributed by atoms with Gasteiger partial charge in [0.1, 0.15) is 11.2 Å². The van der Waals surface area contributed by atoms with Crippen molar-refractivity contribution in [3.8, 4) is 67.5 Å². The lowest BCUT2D eigenvalue weighted by Crippen LogP contribution is -2.00. The zero-order valence-corrected chi connectivity index (χ0v) is 30.9. The summed E-state index contributed by atoms with van der Waals surface area (Å²) in [4.78, 5) is 15.1. The topological polar surface area (TPSA) is 51.8 Å². The Morgan fingerprint density at radius 3 is 1.59 bits per heavy atom. The van der Waals surface area contributed by atoms with Gasteiger partial charge in [-0.1, -0.05) is 164 Å². The molecule has 11 rings (SSSR count).